The zero-order valence-electron chi connectivity index (χ0n) is 15.3. The van der Waals surface area contributed by atoms with Crippen molar-refractivity contribution >= 4 is 10.9 Å². The fraction of sp³-hybridized carbons (Fsp3) is 0.208. The molecule has 2 heterocycles. The largest absolute Gasteiger partial charge is 0.290 e. The number of para-hydroxylation sites is 1. The summed E-state index contributed by atoms with van der Waals surface area (Å²) in [5.74, 6) is 0. The summed E-state index contributed by atoms with van der Waals surface area (Å²) >= 11 is 0. The lowest BCUT2D eigenvalue weighted by Gasteiger charge is -2.29. The lowest BCUT2D eigenvalue weighted by atomic mass is 9.97. The Balaban J connectivity index is 1.47. The van der Waals surface area contributed by atoms with Gasteiger partial charge in [0.15, 0.2) is 0 Å². The van der Waals surface area contributed by atoms with Gasteiger partial charge in [-0.15, -0.1) is 0 Å². The number of fused-ring (bicyclic) bond motifs is 1. The van der Waals surface area contributed by atoms with Gasteiger partial charge in [-0.05, 0) is 23.6 Å². The molecule has 0 N–H and O–H groups in total. The Kier molecular flexibility index (Phi) is 4.23. The second-order valence-corrected chi connectivity index (χ2v) is 7.31. The summed E-state index contributed by atoms with van der Waals surface area (Å²) in [7, 11) is 0. The molecule has 0 spiro atoms. The number of aromatic nitrogens is 2. The van der Waals surface area contributed by atoms with Gasteiger partial charge in [-0.25, -0.2) is 0 Å². The summed E-state index contributed by atoms with van der Waals surface area (Å²) in [4.78, 5) is 2.60. The fourth-order valence-corrected chi connectivity index (χ4v) is 4.37. The molecule has 1 aliphatic heterocycles. The molecule has 0 amide bonds. The van der Waals surface area contributed by atoms with E-state index in [1.807, 2.05) is 6.20 Å². The standard InChI is InChI=1S/C24H23N3/c1-3-9-19(10-4-1)24(20-11-5-2-6-12-20)26-16-15-22(18-26)27-23-14-8-7-13-21(23)17-25-27/h1-14,17,22,24H,15-16,18H2. The summed E-state index contributed by atoms with van der Waals surface area (Å²) in [6.07, 6.45) is 3.12. The normalized spacial score (nSPS) is 17.7. The predicted octanol–water partition coefficient (Wildman–Crippen LogP) is 5.07. The molecule has 1 atom stereocenters. The maximum Gasteiger partial charge on any atom is 0.0686 e. The van der Waals surface area contributed by atoms with Crippen molar-refractivity contribution in [2.24, 2.45) is 0 Å². The van der Waals surface area contributed by atoms with Gasteiger partial charge >= 0.3 is 0 Å². The minimum absolute atomic E-state index is 0.291. The predicted molar refractivity (Wildman–Crippen MR) is 110 cm³/mol. The Morgan fingerprint density at radius 1 is 0.778 bits per heavy atom. The van der Waals surface area contributed by atoms with Crippen LogP contribution in [0.3, 0.4) is 0 Å². The molecule has 0 bridgehead atoms. The average molecular weight is 353 g/mol. The quantitative estimate of drug-likeness (QED) is 0.510. The molecular weight excluding hydrogens is 330 g/mol. The van der Waals surface area contributed by atoms with E-state index < -0.39 is 0 Å². The Morgan fingerprint density at radius 3 is 2.11 bits per heavy atom. The van der Waals surface area contributed by atoms with E-state index in [2.05, 4.69) is 94.5 Å². The third-order valence-electron chi connectivity index (χ3n) is 5.64. The number of nitrogens with zero attached hydrogens (tertiary/aromatic N) is 3. The zero-order chi connectivity index (χ0) is 18.1. The summed E-state index contributed by atoms with van der Waals surface area (Å²) in [5.41, 5.74) is 3.95. The maximum atomic E-state index is 4.71. The molecular formula is C24H23N3. The fourth-order valence-electron chi connectivity index (χ4n) is 4.37. The van der Waals surface area contributed by atoms with Crippen LogP contribution in [0.4, 0.5) is 0 Å². The lowest BCUT2D eigenvalue weighted by molar-refractivity contribution is 0.268. The first-order valence-electron chi connectivity index (χ1n) is 9.66. The van der Waals surface area contributed by atoms with Crippen molar-refractivity contribution in [1.29, 1.82) is 0 Å². The van der Waals surface area contributed by atoms with Gasteiger partial charge in [0.1, 0.15) is 0 Å². The molecule has 3 nitrogen and oxygen atoms in total. The van der Waals surface area contributed by atoms with Crippen molar-refractivity contribution in [2.75, 3.05) is 13.1 Å². The highest BCUT2D eigenvalue weighted by molar-refractivity contribution is 5.78. The second kappa shape index (κ2) is 7.01. The number of hydrogen-bond donors (Lipinski definition) is 0. The van der Waals surface area contributed by atoms with E-state index in [9.17, 15) is 0 Å². The molecule has 5 rings (SSSR count). The molecule has 0 radical (unpaired) electrons. The van der Waals surface area contributed by atoms with Gasteiger partial charge in [-0.2, -0.15) is 5.10 Å². The molecule has 0 aliphatic carbocycles. The van der Waals surface area contributed by atoms with Gasteiger partial charge < -0.3 is 0 Å². The minimum atomic E-state index is 0.291. The van der Waals surface area contributed by atoms with Gasteiger partial charge in [-0.3, -0.25) is 9.58 Å². The molecule has 1 aromatic heterocycles. The molecule has 134 valence electrons. The van der Waals surface area contributed by atoms with Crippen molar-refractivity contribution in [3.05, 3.63) is 102 Å². The Labute approximate surface area is 159 Å². The summed E-state index contributed by atoms with van der Waals surface area (Å²) < 4.78 is 2.22. The van der Waals surface area contributed by atoms with Crippen molar-refractivity contribution in [2.45, 2.75) is 18.5 Å². The number of likely N-dealkylation sites (tertiary alicyclic amines) is 1. The Bertz CT molecular complexity index is 984. The van der Waals surface area contributed by atoms with Gasteiger partial charge in [-0.1, -0.05) is 78.9 Å². The summed E-state index contributed by atoms with van der Waals surface area (Å²) in [5, 5.41) is 5.93. The van der Waals surface area contributed by atoms with E-state index in [-0.39, 0.29) is 0 Å². The molecule has 1 saturated heterocycles. The van der Waals surface area contributed by atoms with E-state index in [0.717, 1.165) is 19.5 Å². The van der Waals surface area contributed by atoms with Crippen LogP contribution in [0.5, 0.6) is 0 Å². The van der Waals surface area contributed by atoms with E-state index >= 15 is 0 Å². The molecule has 1 fully saturated rings. The monoisotopic (exact) mass is 353 g/mol. The summed E-state index contributed by atoms with van der Waals surface area (Å²) in [6, 6.07) is 30.9. The Hall–Kier alpha value is -2.91. The van der Waals surface area contributed by atoms with Crippen LogP contribution in [0, 0.1) is 0 Å². The van der Waals surface area contributed by atoms with Crippen LogP contribution < -0.4 is 0 Å². The second-order valence-electron chi connectivity index (χ2n) is 7.31. The van der Waals surface area contributed by atoms with Gasteiger partial charge in [0, 0.05) is 18.5 Å². The van der Waals surface area contributed by atoms with Crippen molar-refractivity contribution in [3.63, 3.8) is 0 Å². The van der Waals surface area contributed by atoms with E-state index in [1.54, 1.807) is 0 Å². The van der Waals surface area contributed by atoms with Crippen LogP contribution in [0.2, 0.25) is 0 Å². The maximum absolute atomic E-state index is 4.71. The molecule has 1 unspecified atom stereocenters. The van der Waals surface area contributed by atoms with Crippen LogP contribution in [-0.4, -0.2) is 27.8 Å². The zero-order valence-corrected chi connectivity index (χ0v) is 15.3. The van der Waals surface area contributed by atoms with Gasteiger partial charge in [0.2, 0.25) is 0 Å². The average Bonchev–Trinajstić information content (AvgIpc) is 3.37. The molecule has 3 aromatic carbocycles. The number of benzene rings is 3. The molecule has 27 heavy (non-hydrogen) atoms. The first-order valence-corrected chi connectivity index (χ1v) is 9.66. The third-order valence-corrected chi connectivity index (χ3v) is 5.64. The topological polar surface area (TPSA) is 21.1 Å². The first-order chi connectivity index (χ1) is 13.4. The first kappa shape index (κ1) is 16.3. The van der Waals surface area contributed by atoms with Crippen LogP contribution in [-0.2, 0) is 0 Å². The smallest absolute Gasteiger partial charge is 0.0686 e. The van der Waals surface area contributed by atoms with Crippen molar-refractivity contribution < 1.29 is 0 Å². The highest BCUT2D eigenvalue weighted by atomic mass is 15.3. The van der Waals surface area contributed by atoms with Crippen molar-refractivity contribution in [3.8, 4) is 0 Å². The van der Waals surface area contributed by atoms with E-state index in [0.29, 0.717) is 12.1 Å². The third kappa shape index (κ3) is 3.04. The lowest BCUT2D eigenvalue weighted by Crippen LogP contribution is -2.28. The van der Waals surface area contributed by atoms with Crippen LogP contribution in [0.15, 0.2) is 91.1 Å². The summed E-state index contributed by atoms with van der Waals surface area (Å²) in [6.45, 7) is 2.09. The highest BCUT2D eigenvalue weighted by Crippen LogP contribution is 2.35. The van der Waals surface area contributed by atoms with E-state index in [4.69, 9.17) is 5.10 Å². The molecule has 4 aromatic rings. The Morgan fingerprint density at radius 2 is 1.41 bits per heavy atom. The van der Waals surface area contributed by atoms with Crippen molar-refractivity contribution in [1.82, 2.24) is 14.7 Å². The molecule has 0 saturated carbocycles. The van der Waals surface area contributed by atoms with Crippen LogP contribution in [0.25, 0.3) is 10.9 Å². The van der Waals surface area contributed by atoms with Gasteiger partial charge in [0.25, 0.3) is 0 Å². The highest BCUT2D eigenvalue weighted by Gasteiger charge is 2.31. The number of hydrogen-bond acceptors (Lipinski definition) is 2. The number of rotatable bonds is 4. The molecule has 1 aliphatic rings. The SMILES string of the molecule is c1ccc(C(c2ccccc2)N2CCC(n3ncc4ccccc43)C2)cc1. The minimum Gasteiger partial charge on any atom is -0.290 e. The van der Waals surface area contributed by atoms with Crippen LogP contribution in [0.1, 0.15) is 29.6 Å². The molecule has 3 heteroatoms. The van der Waals surface area contributed by atoms with Crippen LogP contribution >= 0.6 is 0 Å². The van der Waals surface area contributed by atoms with Gasteiger partial charge in [0.05, 0.1) is 23.8 Å². The van der Waals surface area contributed by atoms with E-state index in [1.165, 1.54) is 22.0 Å².